The molecule has 1 aliphatic rings. The monoisotopic (exact) mass is 241 g/mol. The van der Waals surface area contributed by atoms with E-state index in [1.165, 1.54) is 16.3 Å². The standard InChI is InChI=1S/C15H15NO2/c17-15(18)14-9-16(10-14)8-11-5-6-12-3-1-2-4-13(12)7-11/h1-7,14H,8-10H2,(H,17,18). The lowest BCUT2D eigenvalue weighted by Crippen LogP contribution is -2.49. The average Bonchev–Trinajstić information content (AvgIpc) is 2.32. The molecule has 0 aliphatic carbocycles. The van der Waals surface area contributed by atoms with Crippen molar-refractivity contribution in [1.82, 2.24) is 4.90 Å². The van der Waals surface area contributed by atoms with E-state index in [2.05, 4.69) is 35.2 Å². The summed E-state index contributed by atoms with van der Waals surface area (Å²) in [5, 5.41) is 11.3. The van der Waals surface area contributed by atoms with Gasteiger partial charge in [-0.1, -0.05) is 36.4 Å². The van der Waals surface area contributed by atoms with Gasteiger partial charge in [-0.05, 0) is 22.4 Å². The first-order valence-electron chi connectivity index (χ1n) is 6.15. The molecule has 2 aromatic carbocycles. The van der Waals surface area contributed by atoms with E-state index in [9.17, 15) is 4.79 Å². The lowest BCUT2D eigenvalue weighted by Gasteiger charge is -2.36. The summed E-state index contributed by atoms with van der Waals surface area (Å²) >= 11 is 0. The Morgan fingerprint density at radius 2 is 1.89 bits per heavy atom. The molecule has 92 valence electrons. The van der Waals surface area contributed by atoms with Crippen LogP contribution in [0.3, 0.4) is 0 Å². The number of carbonyl (C=O) groups is 1. The van der Waals surface area contributed by atoms with Crippen LogP contribution in [0.15, 0.2) is 42.5 Å². The van der Waals surface area contributed by atoms with Crippen molar-refractivity contribution >= 4 is 16.7 Å². The average molecular weight is 241 g/mol. The van der Waals surface area contributed by atoms with E-state index < -0.39 is 5.97 Å². The molecule has 0 saturated carbocycles. The Bertz CT molecular complexity index is 588. The fourth-order valence-electron chi connectivity index (χ4n) is 2.45. The fraction of sp³-hybridized carbons (Fsp3) is 0.267. The Morgan fingerprint density at radius 3 is 2.61 bits per heavy atom. The molecule has 18 heavy (non-hydrogen) atoms. The van der Waals surface area contributed by atoms with Crippen LogP contribution in [0.5, 0.6) is 0 Å². The molecule has 0 unspecified atom stereocenters. The van der Waals surface area contributed by atoms with Gasteiger partial charge in [0.1, 0.15) is 0 Å². The summed E-state index contributed by atoms with van der Waals surface area (Å²) < 4.78 is 0. The molecule has 1 heterocycles. The lowest BCUT2D eigenvalue weighted by atomic mass is 9.99. The number of nitrogens with zero attached hydrogens (tertiary/aromatic N) is 1. The van der Waals surface area contributed by atoms with E-state index in [-0.39, 0.29) is 5.92 Å². The number of likely N-dealkylation sites (tertiary alicyclic amines) is 1. The van der Waals surface area contributed by atoms with Gasteiger partial charge in [-0.25, -0.2) is 0 Å². The molecule has 0 bridgehead atoms. The number of fused-ring (bicyclic) bond motifs is 1. The maximum Gasteiger partial charge on any atom is 0.309 e. The van der Waals surface area contributed by atoms with Crippen LogP contribution >= 0.6 is 0 Å². The van der Waals surface area contributed by atoms with Crippen LogP contribution in [0.25, 0.3) is 10.8 Å². The Morgan fingerprint density at radius 1 is 1.17 bits per heavy atom. The second kappa shape index (κ2) is 4.42. The molecule has 1 aliphatic heterocycles. The van der Waals surface area contributed by atoms with Gasteiger partial charge in [0, 0.05) is 19.6 Å². The van der Waals surface area contributed by atoms with E-state index in [0.717, 1.165) is 6.54 Å². The zero-order chi connectivity index (χ0) is 12.5. The fourth-order valence-corrected chi connectivity index (χ4v) is 2.45. The Balaban J connectivity index is 1.70. The highest BCUT2D eigenvalue weighted by Crippen LogP contribution is 2.21. The quantitative estimate of drug-likeness (QED) is 0.896. The number of benzene rings is 2. The van der Waals surface area contributed by atoms with Crippen molar-refractivity contribution < 1.29 is 9.90 Å². The van der Waals surface area contributed by atoms with Crippen LogP contribution < -0.4 is 0 Å². The lowest BCUT2D eigenvalue weighted by molar-refractivity contribution is -0.147. The van der Waals surface area contributed by atoms with Gasteiger partial charge >= 0.3 is 5.97 Å². The van der Waals surface area contributed by atoms with Gasteiger partial charge in [0.2, 0.25) is 0 Å². The van der Waals surface area contributed by atoms with E-state index in [4.69, 9.17) is 5.11 Å². The molecule has 3 rings (SSSR count). The summed E-state index contributed by atoms with van der Waals surface area (Å²) in [6.07, 6.45) is 0. The summed E-state index contributed by atoms with van der Waals surface area (Å²) in [6, 6.07) is 14.7. The molecule has 0 aromatic heterocycles. The molecule has 0 amide bonds. The van der Waals surface area contributed by atoms with Crippen molar-refractivity contribution in [1.29, 1.82) is 0 Å². The third-order valence-electron chi connectivity index (χ3n) is 3.53. The van der Waals surface area contributed by atoms with Crippen LogP contribution in [0.1, 0.15) is 5.56 Å². The molecule has 1 N–H and O–H groups in total. The molecule has 0 radical (unpaired) electrons. The highest BCUT2D eigenvalue weighted by molar-refractivity contribution is 5.83. The van der Waals surface area contributed by atoms with Crippen LogP contribution in [0, 0.1) is 5.92 Å². The first-order valence-corrected chi connectivity index (χ1v) is 6.15. The first kappa shape index (κ1) is 11.2. The van der Waals surface area contributed by atoms with Crippen LogP contribution in [-0.4, -0.2) is 29.1 Å². The number of rotatable bonds is 3. The Kier molecular flexibility index (Phi) is 2.76. The van der Waals surface area contributed by atoms with Gasteiger partial charge in [-0.15, -0.1) is 0 Å². The van der Waals surface area contributed by atoms with Crippen molar-refractivity contribution in [3.63, 3.8) is 0 Å². The number of aliphatic carboxylic acids is 1. The van der Waals surface area contributed by atoms with Crippen LogP contribution in [0.2, 0.25) is 0 Å². The maximum atomic E-state index is 10.7. The minimum Gasteiger partial charge on any atom is -0.481 e. The summed E-state index contributed by atoms with van der Waals surface area (Å²) in [6.45, 7) is 2.18. The molecule has 3 heteroatoms. The van der Waals surface area contributed by atoms with E-state index in [1.807, 2.05) is 12.1 Å². The minimum absolute atomic E-state index is 0.176. The molecular weight excluding hydrogens is 226 g/mol. The molecule has 1 fully saturated rings. The Hall–Kier alpha value is -1.87. The predicted octanol–water partition coefficient (Wildman–Crippen LogP) is 2.36. The number of hydrogen-bond acceptors (Lipinski definition) is 2. The normalized spacial score (nSPS) is 16.7. The third-order valence-corrected chi connectivity index (χ3v) is 3.53. The van der Waals surface area contributed by atoms with Gasteiger partial charge in [-0.2, -0.15) is 0 Å². The summed E-state index contributed by atoms with van der Waals surface area (Å²) in [4.78, 5) is 12.9. The molecule has 0 atom stereocenters. The SMILES string of the molecule is O=C(O)C1CN(Cc2ccc3ccccc3c2)C1. The van der Waals surface area contributed by atoms with Gasteiger partial charge in [0.05, 0.1) is 5.92 Å². The Labute approximate surface area is 106 Å². The highest BCUT2D eigenvalue weighted by Gasteiger charge is 2.32. The summed E-state index contributed by atoms with van der Waals surface area (Å²) in [5.41, 5.74) is 1.25. The van der Waals surface area contributed by atoms with Crippen molar-refractivity contribution in [2.24, 2.45) is 5.92 Å². The predicted molar refractivity (Wildman–Crippen MR) is 70.4 cm³/mol. The van der Waals surface area contributed by atoms with Crippen molar-refractivity contribution in [3.8, 4) is 0 Å². The highest BCUT2D eigenvalue weighted by atomic mass is 16.4. The number of hydrogen-bond donors (Lipinski definition) is 1. The van der Waals surface area contributed by atoms with Gasteiger partial charge in [0.15, 0.2) is 0 Å². The largest absolute Gasteiger partial charge is 0.481 e. The van der Waals surface area contributed by atoms with Crippen molar-refractivity contribution in [2.75, 3.05) is 13.1 Å². The third kappa shape index (κ3) is 2.09. The summed E-state index contributed by atoms with van der Waals surface area (Å²) in [5.74, 6) is -0.852. The van der Waals surface area contributed by atoms with Gasteiger partial charge in [0.25, 0.3) is 0 Å². The molecular formula is C15H15NO2. The van der Waals surface area contributed by atoms with Crippen molar-refractivity contribution in [3.05, 3.63) is 48.0 Å². The van der Waals surface area contributed by atoms with Crippen molar-refractivity contribution in [2.45, 2.75) is 6.54 Å². The van der Waals surface area contributed by atoms with E-state index in [0.29, 0.717) is 13.1 Å². The second-order valence-electron chi connectivity index (χ2n) is 4.91. The number of carboxylic acids is 1. The number of carboxylic acid groups (broad SMARTS) is 1. The van der Waals surface area contributed by atoms with Gasteiger partial charge < -0.3 is 5.11 Å². The maximum absolute atomic E-state index is 10.7. The first-order chi connectivity index (χ1) is 8.72. The van der Waals surface area contributed by atoms with E-state index >= 15 is 0 Å². The smallest absolute Gasteiger partial charge is 0.309 e. The minimum atomic E-state index is -0.676. The molecule has 0 spiro atoms. The zero-order valence-electron chi connectivity index (χ0n) is 10.0. The zero-order valence-corrected chi connectivity index (χ0v) is 10.0. The molecule has 1 saturated heterocycles. The topological polar surface area (TPSA) is 40.5 Å². The summed E-state index contributed by atoms with van der Waals surface area (Å²) in [7, 11) is 0. The molecule has 2 aromatic rings. The van der Waals surface area contributed by atoms with E-state index in [1.54, 1.807) is 0 Å². The van der Waals surface area contributed by atoms with Gasteiger partial charge in [-0.3, -0.25) is 9.69 Å². The molecule has 3 nitrogen and oxygen atoms in total. The van der Waals surface area contributed by atoms with Crippen LogP contribution in [-0.2, 0) is 11.3 Å². The van der Waals surface area contributed by atoms with Crippen LogP contribution in [0.4, 0.5) is 0 Å². The second-order valence-corrected chi connectivity index (χ2v) is 4.91.